The third-order valence-corrected chi connectivity index (χ3v) is 6.39. The molecule has 0 saturated carbocycles. The first-order valence-electron chi connectivity index (χ1n) is 9.56. The molecule has 0 atom stereocenters. The van der Waals surface area contributed by atoms with Crippen LogP contribution in [-0.4, -0.2) is 12.4 Å². The highest BCUT2D eigenvalue weighted by molar-refractivity contribution is 7.90. The summed E-state index contributed by atoms with van der Waals surface area (Å²) in [6, 6.07) is 9.06. The molecule has 1 aromatic heterocycles. The Morgan fingerprint density at radius 1 is 0.923 bits per heavy atom. The predicted octanol–water partition coefficient (Wildman–Crippen LogP) is 5.80. The first kappa shape index (κ1) is 20.5. The molecule has 142 valence electrons. The topological polar surface area (TPSA) is 39.1 Å². The molecule has 0 bridgehead atoms. The summed E-state index contributed by atoms with van der Waals surface area (Å²) < 4.78 is 27.4. The van der Waals surface area contributed by atoms with Crippen LogP contribution in [0.3, 0.4) is 0 Å². The third kappa shape index (κ3) is 5.60. The lowest BCUT2D eigenvalue weighted by molar-refractivity contribution is 0.578. The second kappa shape index (κ2) is 9.77. The van der Waals surface area contributed by atoms with Crippen molar-refractivity contribution < 1.29 is 8.42 Å². The van der Waals surface area contributed by atoms with Gasteiger partial charge in [0.2, 0.25) is 0 Å². The Hall–Kier alpha value is -1.81. The minimum atomic E-state index is -3.52. The molecule has 0 saturated heterocycles. The van der Waals surface area contributed by atoms with Crippen LogP contribution < -0.4 is 0 Å². The molecule has 0 spiro atoms. The van der Waals surface area contributed by atoms with Gasteiger partial charge in [-0.2, -0.15) is 0 Å². The van der Waals surface area contributed by atoms with Gasteiger partial charge in [-0.25, -0.2) is 12.4 Å². The second-order valence-electron chi connectivity index (χ2n) is 7.07. The van der Waals surface area contributed by atoms with Crippen LogP contribution in [0, 0.1) is 13.8 Å². The molecule has 0 radical (unpaired) electrons. The zero-order chi connectivity index (χ0) is 19.0. The summed E-state index contributed by atoms with van der Waals surface area (Å²) in [6.07, 6.45) is 12.7. The quantitative estimate of drug-likeness (QED) is 0.369. The third-order valence-electron chi connectivity index (χ3n) is 4.67. The monoisotopic (exact) mass is 373 g/mol. The van der Waals surface area contributed by atoms with E-state index in [1.165, 1.54) is 29.7 Å². The zero-order valence-electron chi connectivity index (χ0n) is 16.1. The number of hydrogen-bond acceptors (Lipinski definition) is 2. The highest BCUT2D eigenvalue weighted by atomic mass is 32.2. The number of aryl methyl sites for hydroxylation is 3. The first-order valence-corrected chi connectivity index (χ1v) is 11.0. The number of rotatable bonds is 11. The van der Waals surface area contributed by atoms with Crippen LogP contribution in [0.25, 0.3) is 0 Å². The maximum Gasteiger partial charge on any atom is 0.267 e. The molecule has 1 heterocycles. The summed E-state index contributed by atoms with van der Waals surface area (Å²) in [6.45, 7) is 7.65. The van der Waals surface area contributed by atoms with Gasteiger partial charge in [0, 0.05) is 11.9 Å². The normalized spacial score (nSPS) is 11.6. The lowest BCUT2D eigenvalue weighted by atomic mass is 10.1. The Kier molecular flexibility index (Phi) is 7.70. The molecule has 4 heteroatoms. The van der Waals surface area contributed by atoms with E-state index in [-0.39, 0.29) is 0 Å². The van der Waals surface area contributed by atoms with Crippen molar-refractivity contribution in [1.82, 2.24) is 3.97 Å². The maximum absolute atomic E-state index is 13.0. The molecule has 26 heavy (non-hydrogen) atoms. The van der Waals surface area contributed by atoms with Gasteiger partial charge in [0.1, 0.15) is 0 Å². The maximum atomic E-state index is 13.0. The van der Waals surface area contributed by atoms with Crippen molar-refractivity contribution in [1.29, 1.82) is 0 Å². The molecule has 2 aromatic rings. The van der Waals surface area contributed by atoms with Gasteiger partial charge >= 0.3 is 0 Å². The number of aromatic nitrogens is 1. The number of hydrogen-bond donors (Lipinski definition) is 0. The van der Waals surface area contributed by atoms with Gasteiger partial charge in [-0.1, -0.05) is 49.5 Å². The van der Waals surface area contributed by atoms with Gasteiger partial charge in [0.15, 0.2) is 0 Å². The van der Waals surface area contributed by atoms with Gasteiger partial charge < -0.3 is 0 Å². The van der Waals surface area contributed by atoms with Crippen molar-refractivity contribution in [3.63, 3.8) is 0 Å². The van der Waals surface area contributed by atoms with Crippen LogP contribution in [0.15, 0.2) is 54.1 Å². The average Bonchev–Trinajstić information content (AvgIpc) is 2.99. The van der Waals surface area contributed by atoms with Crippen LogP contribution in [-0.2, 0) is 16.4 Å². The van der Waals surface area contributed by atoms with Crippen molar-refractivity contribution in [3.05, 3.63) is 66.0 Å². The second-order valence-corrected chi connectivity index (χ2v) is 8.89. The van der Waals surface area contributed by atoms with Crippen molar-refractivity contribution in [3.8, 4) is 0 Å². The number of allylic oxidation sites excluding steroid dienone is 1. The van der Waals surface area contributed by atoms with Gasteiger partial charge in [0.05, 0.1) is 4.90 Å². The summed E-state index contributed by atoms with van der Waals surface area (Å²) in [5, 5.41) is 0. The molecule has 0 aliphatic carbocycles. The van der Waals surface area contributed by atoms with Gasteiger partial charge in [0.25, 0.3) is 10.0 Å². The lowest BCUT2D eigenvalue weighted by Gasteiger charge is -2.11. The molecule has 3 nitrogen and oxygen atoms in total. The smallest absolute Gasteiger partial charge is 0.246 e. The standard InChI is InChI=1S/C22H31NO2S/c1-4-5-6-7-8-9-10-11-12-21-17-20(3)18-23(21)26(24,25)22-15-13-19(2)14-16-22/h4,13-18H,1,5-12H2,2-3H3. The fraction of sp³-hybridized carbons (Fsp3) is 0.455. The number of unbranched alkanes of at least 4 members (excludes halogenated alkanes) is 6. The van der Waals surface area contributed by atoms with Crippen LogP contribution in [0.4, 0.5) is 0 Å². The van der Waals surface area contributed by atoms with Crippen molar-refractivity contribution in [2.24, 2.45) is 0 Å². The molecular formula is C22H31NO2S. The van der Waals surface area contributed by atoms with Crippen LogP contribution in [0.2, 0.25) is 0 Å². The first-order chi connectivity index (χ1) is 12.4. The fourth-order valence-electron chi connectivity index (χ4n) is 3.16. The van der Waals surface area contributed by atoms with Crippen LogP contribution in [0.5, 0.6) is 0 Å². The fourth-order valence-corrected chi connectivity index (χ4v) is 4.63. The Morgan fingerprint density at radius 2 is 1.54 bits per heavy atom. The summed E-state index contributed by atoms with van der Waals surface area (Å²) >= 11 is 0. The van der Waals surface area contributed by atoms with E-state index in [9.17, 15) is 8.42 Å². The molecule has 0 N–H and O–H groups in total. The lowest BCUT2D eigenvalue weighted by Crippen LogP contribution is -2.15. The van der Waals surface area contributed by atoms with Crippen LogP contribution >= 0.6 is 0 Å². The Labute approximate surface area is 158 Å². The predicted molar refractivity (Wildman–Crippen MR) is 109 cm³/mol. The van der Waals surface area contributed by atoms with E-state index in [1.807, 2.05) is 38.1 Å². The largest absolute Gasteiger partial charge is 0.267 e. The molecule has 2 rings (SSSR count). The molecule has 0 aliphatic heterocycles. The summed E-state index contributed by atoms with van der Waals surface area (Å²) in [5.41, 5.74) is 2.93. The molecule has 1 aromatic carbocycles. The average molecular weight is 374 g/mol. The molecular weight excluding hydrogens is 342 g/mol. The van der Waals surface area contributed by atoms with Crippen molar-refractivity contribution in [2.75, 3.05) is 0 Å². The Balaban J connectivity index is 1.97. The highest BCUT2D eigenvalue weighted by Gasteiger charge is 2.19. The SMILES string of the molecule is C=CCCCCCCCCc1cc(C)cn1S(=O)(=O)c1ccc(C)cc1. The van der Waals surface area contributed by atoms with E-state index in [0.29, 0.717) is 4.90 Å². The highest BCUT2D eigenvalue weighted by Crippen LogP contribution is 2.21. The molecule has 0 fully saturated rings. The minimum Gasteiger partial charge on any atom is -0.246 e. The van der Waals surface area contributed by atoms with Crippen molar-refractivity contribution >= 4 is 10.0 Å². The van der Waals surface area contributed by atoms with E-state index in [1.54, 1.807) is 18.3 Å². The Bertz CT molecular complexity index is 801. The number of nitrogens with zero attached hydrogens (tertiary/aromatic N) is 1. The summed E-state index contributed by atoms with van der Waals surface area (Å²) in [7, 11) is -3.52. The van der Waals surface area contributed by atoms with Gasteiger partial charge in [-0.3, -0.25) is 0 Å². The Morgan fingerprint density at radius 3 is 2.19 bits per heavy atom. The van der Waals surface area contributed by atoms with Crippen LogP contribution in [0.1, 0.15) is 61.8 Å². The van der Waals surface area contributed by atoms with Crippen molar-refractivity contribution in [2.45, 2.75) is 70.1 Å². The van der Waals surface area contributed by atoms with E-state index in [0.717, 1.165) is 42.5 Å². The van der Waals surface area contributed by atoms with E-state index in [4.69, 9.17) is 0 Å². The minimum absolute atomic E-state index is 0.349. The van der Waals surface area contributed by atoms with Gasteiger partial charge in [-0.05, 0) is 63.3 Å². The molecule has 0 amide bonds. The molecule has 0 unspecified atom stereocenters. The summed E-state index contributed by atoms with van der Waals surface area (Å²) in [5.74, 6) is 0. The zero-order valence-corrected chi connectivity index (χ0v) is 16.9. The summed E-state index contributed by atoms with van der Waals surface area (Å²) in [4.78, 5) is 0.349. The van der Waals surface area contributed by atoms with Gasteiger partial charge in [-0.15, -0.1) is 6.58 Å². The number of benzene rings is 1. The van der Waals surface area contributed by atoms with E-state index < -0.39 is 10.0 Å². The van der Waals surface area contributed by atoms with E-state index in [2.05, 4.69) is 6.58 Å². The van der Waals surface area contributed by atoms with E-state index >= 15 is 0 Å². The molecule has 0 aliphatic rings.